The van der Waals surface area contributed by atoms with Gasteiger partial charge in [0, 0.05) is 28.9 Å². The number of benzene rings is 1. The van der Waals surface area contributed by atoms with Gasteiger partial charge in [0.25, 0.3) is 0 Å². The quantitative estimate of drug-likeness (QED) is 0.497. The van der Waals surface area contributed by atoms with E-state index in [9.17, 15) is 9.90 Å². The predicted octanol–water partition coefficient (Wildman–Crippen LogP) is 2.54. The Kier molecular flexibility index (Phi) is 3.39. The number of nitrogens with two attached hydrogens (primary N) is 1. The molecule has 0 aliphatic heterocycles. The Morgan fingerprint density at radius 3 is 2.72 bits per heavy atom. The van der Waals surface area contributed by atoms with Crippen molar-refractivity contribution in [1.82, 2.24) is 20.2 Å². The average Bonchev–Trinajstić information content (AvgIpc) is 3.06. The Morgan fingerprint density at radius 2 is 1.96 bits per heavy atom. The number of nitrogen functional groups attached to an aromatic ring is 1. The normalized spacial score (nSPS) is 10.9. The Bertz CT molecular complexity index is 1090. The molecule has 0 aliphatic rings. The molecule has 4 rings (SSSR count). The minimum absolute atomic E-state index is 0.100. The highest BCUT2D eigenvalue weighted by Gasteiger charge is 2.20. The number of nitrogens with zero attached hydrogens (tertiary/aromatic N) is 3. The van der Waals surface area contributed by atoms with Crippen LogP contribution in [0.2, 0.25) is 0 Å². The van der Waals surface area contributed by atoms with Crippen LogP contribution in [0.5, 0.6) is 5.75 Å². The van der Waals surface area contributed by atoms with Gasteiger partial charge in [-0.15, -0.1) is 5.10 Å². The molecule has 3 heterocycles. The van der Waals surface area contributed by atoms with Crippen molar-refractivity contribution < 1.29 is 9.90 Å². The van der Waals surface area contributed by atoms with Crippen LogP contribution < -0.4 is 5.73 Å². The number of carbonyl (C=O) groups is 1. The maximum atomic E-state index is 12.9. The van der Waals surface area contributed by atoms with Crippen molar-refractivity contribution in [2.45, 2.75) is 0 Å². The summed E-state index contributed by atoms with van der Waals surface area (Å²) in [6.45, 7) is 0. The van der Waals surface area contributed by atoms with E-state index in [1.54, 1.807) is 42.9 Å². The standard InChI is InChI=1S/C18H13N5O2/c19-14-2-1-7-20-16(14)12-9-22-23-18-15(12)13(8-21-18)17(25)10-3-5-11(24)6-4-10/h1-9,24H,19H2,(H,21,23). The van der Waals surface area contributed by atoms with Crippen LogP contribution in [-0.2, 0) is 0 Å². The van der Waals surface area contributed by atoms with Gasteiger partial charge in [0.15, 0.2) is 11.4 Å². The Balaban J connectivity index is 1.93. The van der Waals surface area contributed by atoms with E-state index in [1.165, 1.54) is 12.1 Å². The summed E-state index contributed by atoms with van der Waals surface area (Å²) in [4.78, 5) is 20.2. The summed E-state index contributed by atoms with van der Waals surface area (Å²) in [5.41, 5.74) is 9.07. The third-order valence-corrected chi connectivity index (χ3v) is 3.94. The summed E-state index contributed by atoms with van der Waals surface area (Å²) in [6, 6.07) is 9.56. The largest absolute Gasteiger partial charge is 0.508 e. The summed E-state index contributed by atoms with van der Waals surface area (Å²) < 4.78 is 0. The second kappa shape index (κ2) is 5.72. The van der Waals surface area contributed by atoms with Crippen LogP contribution in [-0.4, -0.2) is 31.1 Å². The molecule has 0 atom stereocenters. The first kappa shape index (κ1) is 14.8. The molecule has 122 valence electrons. The molecule has 0 saturated carbocycles. The number of nitrogens with one attached hydrogen (secondary N) is 1. The van der Waals surface area contributed by atoms with Gasteiger partial charge in [-0.2, -0.15) is 5.10 Å². The van der Waals surface area contributed by atoms with Crippen molar-refractivity contribution in [3.05, 3.63) is 66.1 Å². The van der Waals surface area contributed by atoms with Crippen molar-refractivity contribution in [2.24, 2.45) is 0 Å². The molecule has 3 aromatic heterocycles. The first-order valence-electron chi connectivity index (χ1n) is 7.52. The van der Waals surface area contributed by atoms with Crippen LogP contribution in [0.3, 0.4) is 0 Å². The van der Waals surface area contributed by atoms with Gasteiger partial charge < -0.3 is 15.8 Å². The molecule has 7 nitrogen and oxygen atoms in total. The van der Waals surface area contributed by atoms with Gasteiger partial charge in [0.2, 0.25) is 0 Å². The van der Waals surface area contributed by atoms with E-state index in [-0.39, 0.29) is 11.5 Å². The predicted molar refractivity (Wildman–Crippen MR) is 93.1 cm³/mol. The highest BCUT2D eigenvalue weighted by molar-refractivity contribution is 6.18. The Labute approximate surface area is 142 Å². The zero-order valence-electron chi connectivity index (χ0n) is 13.0. The average molecular weight is 331 g/mol. The summed E-state index contributed by atoms with van der Waals surface area (Å²) in [5, 5.41) is 18.0. The van der Waals surface area contributed by atoms with Crippen LogP contribution >= 0.6 is 0 Å². The molecular weight excluding hydrogens is 318 g/mol. The molecule has 7 heteroatoms. The lowest BCUT2D eigenvalue weighted by molar-refractivity contribution is 0.104. The molecule has 0 fully saturated rings. The highest BCUT2D eigenvalue weighted by atomic mass is 16.3. The second-order valence-corrected chi connectivity index (χ2v) is 5.50. The SMILES string of the molecule is Nc1cccnc1-c1cnnc2[nH]cc(C(=O)c3ccc(O)cc3)c12. The number of phenolic OH excluding ortho intramolecular Hbond substituents is 1. The number of hydrogen-bond acceptors (Lipinski definition) is 6. The van der Waals surface area contributed by atoms with E-state index in [1.807, 2.05) is 0 Å². The number of aromatic hydroxyl groups is 1. The van der Waals surface area contributed by atoms with E-state index in [2.05, 4.69) is 20.2 Å². The van der Waals surface area contributed by atoms with Crippen molar-refractivity contribution in [2.75, 3.05) is 5.73 Å². The van der Waals surface area contributed by atoms with Crippen LogP contribution in [0.1, 0.15) is 15.9 Å². The van der Waals surface area contributed by atoms with Crippen LogP contribution in [0.4, 0.5) is 5.69 Å². The summed E-state index contributed by atoms with van der Waals surface area (Å²) in [5.74, 6) is -0.0988. The molecule has 0 amide bonds. The van der Waals surface area contributed by atoms with E-state index >= 15 is 0 Å². The van der Waals surface area contributed by atoms with Crippen molar-refractivity contribution in [3.8, 4) is 17.0 Å². The lowest BCUT2D eigenvalue weighted by Gasteiger charge is -2.07. The molecule has 0 aliphatic carbocycles. The number of pyridine rings is 1. The minimum Gasteiger partial charge on any atom is -0.508 e. The molecule has 0 unspecified atom stereocenters. The zero-order valence-corrected chi connectivity index (χ0v) is 13.0. The third-order valence-electron chi connectivity index (χ3n) is 3.94. The van der Waals surface area contributed by atoms with Crippen molar-refractivity contribution in [1.29, 1.82) is 0 Å². The van der Waals surface area contributed by atoms with Gasteiger partial charge in [-0.3, -0.25) is 9.78 Å². The smallest absolute Gasteiger partial charge is 0.195 e. The fourth-order valence-electron chi connectivity index (χ4n) is 2.74. The molecule has 0 saturated heterocycles. The fourth-order valence-corrected chi connectivity index (χ4v) is 2.74. The second-order valence-electron chi connectivity index (χ2n) is 5.50. The number of carbonyl (C=O) groups excluding carboxylic acids is 1. The van der Waals surface area contributed by atoms with Gasteiger partial charge in [0.1, 0.15) is 5.75 Å². The number of aromatic amines is 1. The van der Waals surface area contributed by atoms with Crippen LogP contribution in [0, 0.1) is 0 Å². The zero-order chi connectivity index (χ0) is 17.4. The van der Waals surface area contributed by atoms with E-state index < -0.39 is 0 Å². The first-order chi connectivity index (χ1) is 12.1. The number of H-pyrrole nitrogens is 1. The Morgan fingerprint density at radius 1 is 1.16 bits per heavy atom. The number of anilines is 1. The monoisotopic (exact) mass is 331 g/mol. The van der Waals surface area contributed by atoms with E-state index in [0.717, 1.165) is 0 Å². The number of ketones is 1. The molecule has 0 bridgehead atoms. The van der Waals surface area contributed by atoms with Crippen LogP contribution in [0.25, 0.3) is 22.3 Å². The van der Waals surface area contributed by atoms with E-state index in [0.29, 0.717) is 39.1 Å². The van der Waals surface area contributed by atoms with Gasteiger partial charge in [-0.25, -0.2) is 0 Å². The molecule has 0 spiro atoms. The molecular formula is C18H13N5O2. The van der Waals surface area contributed by atoms with Gasteiger partial charge in [0.05, 0.1) is 23.1 Å². The molecule has 4 aromatic rings. The number of phenols is 1. The summed E-state index contributed by atoms with van der Waals surface area (Å²) in [6.07, 6.45) is 4.77. The molecule has 25 heavy (non-hydrogen) atoms. The topological polar surface area (TPSA) is 118 Å². The lowest BCUT2D eigenvalue weighted by Crippen LogP contribution is -2.02. The number of hydrogen-bond donors (Lipinski definition) is 3. The summed E-state index contributed by atoms with van der Waals surface area (Å²) in [7, 11) is 0. The van der Waals surface area contributed by atoms with Gasteiger partial charge >= 0.3 is 0 Å². The maximum Gasteiger partial charge on any atom is 0.195 e. The van der Waals surface area contributed by atoms with Gasteiger partial charge in [-0.05, 0) is 36.4 Å². The first-order valence-corrected chi connectivity index (χ1v) is 7.52. The number of fused-ring (bicyclic) bond motifs is 1. The van der Waals surface area contributed by atoms with Gasteiger partial charge in [-0.1, -0.05) is 0 Å². The third kappa shape index (κ3) is 2.47. The Hall–Kier alpha value is -3.74. The fraction of sp³-hybridized carbons (Fsp3) is 0. The maximum absolute atomic E-state index is 12.9. The number of rotatable bonds is 3. The molecule has 4 N–H and O–H groups in total. The lowest BCUT2D eigenvalue weighted by atomic mass is 9.99. The molecule has 0 radical (unpaired) electrons. The van der Waals surface area contributed by atoms with E-state index in [4.69, 9.17) is 5.73 Å². The van der Waals surface area contributed by atoms with Crippen molar-refractivity contribution in [3.63, 3.8) is 0 Å². The minimum atomic E-state index is -0.199. The van der Waals surface area contributed by atoms with Crippen molar-refractivity contribution >= 4 is 22.5 Å². The number of aromatic nitrogens is 4. The van der Waals surface area contributed by atoms with Crippen LogP contribution in [0.15, 0.2) is 55.0 Å². The molecule has 1 aromatic carbocycles. The summed E-state index contributed by atoms with van der Waals surface area (Å²) >= 11 is 0. The highest BCUT2D eigenvalue weighted by Crippen LogP contribution is 2.32.